The Bertz CT molecular complexity index is 1210. The predicted molar refractivity (Wildman–Crippen MR) is 106 cm³/mol. The van der Waals surface area contributed by atoms with Gasteiger partial charge in [0.15, 0.2) is 0 Å². The third-order valence-corrected chi connectivity index (χ3v) is 4.73. The van der Waals surface area contributed by atoms with E-state index in [9.17, 15) is 5.26 Å². The highest BCUT2D eigenvalue weighted by molar-refractivity contribution is 5.90. The second-order valence-electron chi connectivity index (χ2n) is 6.49. The van der Waals surface area contributed by atoms with Crippen LogP contribution in [0.4, 0.5) is 0 Å². The van der Waals surface area contributed by atoms with Crippen LogP contribution in [0.1, 0.15) is 28.5 Å². The Morgan fingerprint density at radius 1 is 1.39 bits per heavy atom. The van der Waals surface area contributed by atoms with Crippen LogP contribution in [0.15, 0.2) is 41.1 Å². The molecule has 28 heavy (non-hydrogen) atoms. The molecule has 0 atom stereocenters. The zero-order valence-corrected chi connectivity index (χ0v) is 15.9. The molecular weight excluding hydrogens is 354 g/mol. The lowest BCUT2D eigenvalue weighted by Gasteiger charge is -2.07. The van der Waals surface area contributed by atoms with Gasteiger partial charge in [0, 0.05) is 17.5 Å². The molecule has 7 heteroatoms. The number of imidazole rings is 1. The largest absolute Gasteiger partial charge is 0.481 e. The van der Waals surface area contributed by atoms with E-state index in [1.807, 2.05) is 32.1 Å². The van der Waals surface area contributed by atoms with Gasteiger partial charge in [0.25, 0.3) is 0 Å². The molecule has 0 aromatic carbocycles. The Balaban J connectivity index is 1.72. The summed E-state index contributed by atoms with van der Waals surface area (Å²) >= 11 is 0. The highest BCUT2D eigenvalue weighted by atomic mass is 16.5. The van der Waals surface area contributed by atoms with E-state index in [2.05, 4.69) is 31.7 Å². The lowest BCUT2D eigenvalue weighted by atomic mass is 10.1. The molecule has 4 rings (SSSR count). The molecule has 4 aromatic heterocycles. The predicted octanol–water partition coefficient (Wildman–Crippen LogP) is 4.09. The summed E-state index contributed by atoms with van der Waals surface area (Å²) in [6.07, 6.45) is 5.17. The number of allylic oxidation sites excluding steroid dienone is 1. The number of aromatic amines is 1. The van der Waals surface area contributed by atoms with Crippen LogP contribution in [0, 0.1) is 25.2 Å². The average Bonchev–Trinajstić information content (AvgIpc) is 3.41. The van der Waals surface area contributed by atoms with E-state index < -0.39 is 0 Å². The Morgan fingerprint density at radius 3 is 2.96 bits per heavy atom. The maximum absolute atomic E-state index is 9.70. The van der Waals surface area contributed by atoms with Gasteiger partial charge in [0.2, 0.25) is 5.88 Å². The number of nitrogens with zero attached hydrogens (tertiary/aromatic N) is 4. The Hall–Kier alpha value is -3.79. The quantitative estimate of drug-likeness (QED) is 0.532. The summed E-state index contributed by atoms with van der Waals surface area (Å²) in [4.78, 5) is 11.8. The van der Waals surface area contributed by atoms with E-state index in [4.69, 9.17) is 9.15 Å². The molecule has 0 fully saturated rings. The zero-order valence-electron chi connectivity index (χ0n) is 15.9. The highest BCUT2D eigenvalue weighted by Gasteiger charge is 2.13. The molecule has 4 aromatic rings. The van der Waals surface area contributed by atoms with Crippen LogP contribution in [0.5, 0.6) is 5.88 Å². The van der Waals surface area contributed by atoms with Gasteiger partial charge in [-0.05, 0) is 43.7 Å². The van der Waals surface area contributed by atoms with Gasteiger partial charge in [-0.25, -0.2) is 9.97 Å². The zero-order chi connectivity index (χ0) is 19.7. The second kappa shape index (κ2) is 7.08. The summed E-state index contributed by atoms with van der Waals surface area (Å²) in [6.45, 7) is 4.72. The number of ether oxygens (including phenoxy) is 1. The number of furan rings is 1. The summed E-state index contributed by atoms with van der Waals surface area (Å²) in [5.74, 6) is 1.87. The van der Waals surface area contributed by atoms with E-state index in [-0.39, 0.29) is 0 Å². The fourth-order valence-corrected chi connectivity index (χ4v) is 3.21. The van der Waals surface area contributed by atoms with E-state index in [1.54, 1.807) is 25.6 Å². The molecule has 7 nitrogen and oxygen atoms in total. The first-order chi connectivity index (χ1) is 13.6. The second-order valence-corrected chi connectivity index (χ2v) is 6.49. The van der Waals surface area contributed by atoms with Gasteiger partial charge in [0.1, 0.15) is 17.7 Å². The van der Waals surface area contributed by atoms with E-state index >= 15 is 0 Å². The number of pyridine rings is 1. The highest BCUT2D eigenvalue weighted by Crippen LogP contribution is 2.24. The van der Waals surface area contributed by atoms with E-state index in [0.29, 0.717) is 29.3 Å². The van der Waals surface area contributed by atoms with Gasteiger partial charge < -0.3 is 18.7 Å². The van der Waals surface area contributed by atoms with Crippen LogP contribution >= 0.6 is 0 Å². The van der Waals surface area contributed by atoms with Crippen LogP contribution in [0.2, 0.25) is 0 Å². The molecule has 0 amide bonds. The molecule has 0 aliphatic heterocycles. The maximum atomic E-state index is 9.70. The smallest absolute Gasteiger partial charge is 0.215 e. The number of nitriles is 1. The van der Waals surface area contributed by atoms with Crippen molar-refractivity contribution in [2.75, 3.05) is 7.11 Å². The lowest BCUT2D eigenvalue weighted by Crippen LogP contribution is -2.02. The summed E-state index contributed by atoms with van der Waals surface area (Å²) in [5.41, 5.74) is 5.02. The normalized spacial score (nSPS) is 11.7. The molecule has 140 valence electrons. The molecular formula is C21H19N5O2. The molecule has 0 bridgehead atoms. The molecule has 0 radical (unpaired) electrons. The molecule has 1 N–H and O–H groups in total. The Kier molecular flexibility index (Phi) is 4.45. The first kappa shape index (κ1) is 17.6. The number of fused-ring (bicyclic) bond motifs is 1. The van der Waals surface area contributed by atoms with Gasteiger partial charge in [-0.3, -0.25) is 0 Å². The fraction of sp³-hybridized carbons (Fsp3) is 0.190. The summed E-state index contributed by atoms with van der Waals surface area (Å²) in [7, 11) is 1.56. The van der Waals surface area contributed by atoms with Crippen LogP contribution in [0.25, 0.3) is 22.7 Å². The van der Waals surface area contributed by atoms with Crippen LogP contribution in [0.3, 0.4) is 0 Å². The van der Waals surface area contributed by atoms with Crippen molar-refractivity contribution in [3.05, 3.63) is 65.3 Å². The number of rotatable bonds is 5. The Labute approximate surface area is 161 Å². The van der Waals surface area contributed by atoms with Crippen LogP contribution in [-0.4, -0.2) is 26.6 Å². The van der Waals surface area contributed by atoms with Crippen molar-refractivity contribution >= 4 is 22.7 Å². The number of H-pyrrole nitrogens is 1. The Morgan fingerprint density at radius 2 is 2.25 bits per heavy atom. The van der Waals surface area contributed by atoms with Gasteiger partial charge >= 0.3 is 0 Å². The monoisotopic (exact) mass is 373 g/mol. The number of methoxy groups -OCH3 is 1. The molecule has 0 spiro atoms. The summed E-state index contributed by atoms with van der Waals surface area (Å²) < 4.78 is 12.8. The molecule has 4 heterocycles. The van der Waals surface area contributed by atoms with Crippen molar-refractivity contribution in [2.24, 2.45) is 0 Å². The van der Waals surface area contributed by atoms with Crippen molar-refractivity contribution in [2.45, 2.75) is 20.4 Å². The van der Waals surface area contributed by atoms with Gasteiger partial charge in [0.05, 0.1) is 42.7 Å². The topological polar surface area (TPSA) is 92.7 Å². The minimum atomic E-state index is 0.452. The molecule has 0 aliphatic carbocycles. The number of aromatic nitrogens is 4. The molecule has 0 saturated heterocycles. The maximum Gasteiger partial charge on any atom is 0.215 e. The van der Waals surface area contributed by atoms with Crippen molar-refractivity contribution < 1.29 is 9.15 Å². The number of hydrogen-bond donors (Lipinski definition) is 1. The number of hydrogen-bond acceptors (Lipinski definition) is 5. The van der Waals surface area contributed by atoms with E-state index in [0.717, 1.165) is 28.2 Å². The third-order valence-electron chi connectivity index (χ3n) is 4.73. The average molecular weight is 373 g/mol. The van der Waals surface area contributed by atoms with Gasteiger partial charge in [-0.15, -0.1) is 0 Å². The molecule has 0 unspecified atom stereocenters. The minimum absolute atomic E-state index is 0.452. The molecule has 0 saturated carbocycles. The lowest BCUT2D eigenvalue weighted by molar-refractivity contribution is 0.398. The number of nitrogens with one attached hydrogen (secondary N) is 1. The van der Waals surface area contributed by atoms with Crippen molar-refractivity contribution in [3.8, 4) is 11.9 Å². The van der Waals surface area contributed by atoms with Gasteiger partial charge in [-0.2, -0.15) is 5.26 Å². The minimum Gasteiger partial charge on any atom is -0.481 e. The number of aryl methyl sites for hydroxylation is 1. The van der Waals surface area contributed by atoms with Crippen molar-refractivity contribution in [3.63, 3.8) is 0 Å². The first-order valence-electron chi connectivity index (χ1n) is 8.80. The first-order valence-corrected chi connectivity index (χ1v) is 8.80. The standard InChI is InChI=1S/C21H19N5O2/c1-13-7-15(14(2)26(13)12-17-5-4-6-28-17)8-16(10-22)21-24-18-9-20(27-3)23-11-19(18)25-21/h4-9,11H,12H2,1-3H3,(H,24,25)/b16-8+. The fourth-order valence-electron chi connectivity index (χ4n) is 3.21. The molecule has 0 aliphatic rings. The SMILES string of the molecule is COc1cc2nc(/C(C#N)=C/c3cc(C)n(Cc4ccco4)c3C)[nH]c2cn1. The van der Waals surface area contributed by atoms with Crippen LogP contribution in [-0.2, 0) is 6.54 Å². The van der Waals surface area contributed by atoms with E-state index in [1.165, 1.54) is 0 Å². The summed E-state index contributed by atoms with van der Waals surface area (Å²) in [6, 6.07) is 9.87. The third kappa shape index (κ3) is 3.16. The van der Waals surface area contributed by atoms with Crippen LogP contribution < -0.4 is 4.74 Å². The van der Waals surface area contributed by atoms with Gasteiger partial charge in [-0.1, -0.05) is 0 Å². The van der Waals surface area contributed by atoms with Crippen molar-refractivity contribution in [1.29, 1.82) is 5.26 Å². The summed E-state index contributed by atoms with van der Waals surface area (Å²) in [5, 5.41) is 9.70. The van der Waals surface area contributed by atoms with Crippen molar-refractivity contribution in [1.82, 2.24) is 19.5 Å².